The molecule has 4 heteroatoms. The Hall–Kier alpha value is -1.81. The molecule has 18 heavy (non-hydrogen) atoms. The normalized spacial score (nSPS) is 17.7. The lowest BCUT2D eigenvalue weighted by Gasteiger charge is -2.26. The van der Waals surface area contributed by atoms with Crippen LogP contribution < -0.4 is 10.1 Å². The third-order valence-electron chi connectivity index (χ3n) is 3.05. The second-order valence-electron chi connectivity index (χ2n) is 4.21. The second-order valence-corrected chi connectivity index (χ2v) is 4.99. The summed E-state index contributed by atoms with van der Waals surface area (Å²) < 4.78 is 5.58. The monoisotopic (exact) mass is 259 g/mol. The smallest absolute Gasteiger partial charge is 0.252 e. The van der Waals surface area contributed by atoms with Crippen molar-refractivity contribution in [2.75, 3.05) is 6.61 Å². The van der Waals surface area contributed by atoms with E-state index in [0.29, 0.717) is 6.61 Å². The minimum Gasteiger partial charge on any atom is -0.493 e. The Morgan fingerprint density at radius 3 is 3.06 bits per heavy atom. The van der Waals surface area contributed by atoms with E-state index in [2.05, 4.69) is 5.32 Å². The van der Waals surface area contributed by atoms with Crippen molar-refractivity contribution in [3.8, 4) is 5.75 Å². The number of para-hydroxylation sites is 1. The molecule has 0 fully saturated rings. The molecule has 0 spiro atoms. The summed E-state index contributed by atoms with van der Waals surface area (Å²) >= 11 is 1.53. The average molecular weight is 259 g/mol. The molecule has 1 aliphatic heterocycles. The third-order valence-corrected chi connectivity index (χ3v) is 3.73. The van der Waals surface area contributed by atoms with Crippen LogP contribution in [0.1, 0.15) is 28.4 Å². The van der Waals surface area contributed by atoms with Gasteiger partial charge in [-0.2, -0.15) is 11.3 Å². The van der Waals surface area contributed by atoms with Crippen molar-refractivity contribution in [1.82, 2.24) is 5.32 Å². The van der Waals surface area contributed by atoms with E-state index in [1.54, 1.807) is 0 Å². The van der Waals surface area contributed by atoms with Gasteiger partial charge < -0.3 is 10.1 Å². The van der Waals surface area contributed by atoms with Crippen LogP contribution >= 0.6 is 11.3 Å². The van der Waals surface area contributed by atoms with Gasteiger partial charge in [0.2, 0.25) is 0 Å². The fourth-order valence-electron chi connectivity index (χ4n) is 2.13. The number of rotatable bonds is 2. The zero-order valence-corrected chi connectivity index (χ0v) is 10.6. The molecule has 1 N–H and O–H groups in total. The summed E-state index contributed by atoms with van der Waals surface area (Å²) in [4.78, 5) is 12.0. The van der Waals surface area contributed by atoms with Crippen LogP contribution in [0.2, 0.25) is 0 Å². The van der Waals surface area contributed by atoms with Gasteiger partial charge in [0, 0.05) is 17.4 Å². The highest BCUT2D eigenvalue weighted by atomic mass is 32.1. The summed E-state index contributed by atoms with van der Waals surface area (Å²) in [5, 5.41) is 6.84. The van der Waals surface area contributed by atoms with Crippen LogP contribution in [0.25, 0.3) is 0 Å². The van der Waals surface area contributed by atoms with Gasteiger partial charge in [-0.1, -0.05) is 18.2 Å². The summed E-state index contributed by atoms with van der Waals surface area (Å²) in [6.45, 7) is 0.644. The van der Waals surface area contributed by atoms with Crippen LogP contribution in [0.15, 0.2) is 41.1 Å². The fourth-order valence-corrected chi connectivity index (χ4v) is 2.76. The van der Waals surface area contributed by atoms with E-state index in [0.717, 1.165) is 23.3 Å². The van der Waals surface area contributed by atoms with E-state index in [-0.39, 0.29) is 11.9 Å². The minimum absolute atomic E-state index is 0.0158. The molecular formula is C14H13NO2S. The van der Waals surface area contributed by atoms with Gasteiger partial charge in [0.15, 0.2) is 0 Å². The lowest BCUT2D eigenvalue weighted by molar-refractivity contribution is 0.0925. The number of fused-ring (bicyclic) bond motifs is 1. The van der Waals surface area contributed by atoms with Gasteiger partial charge in [-0.25, -0.2) is 0 Å². The number of carbonyl (C=O) groups is 1. The van der Waals surface area contributed by atoms with Crippen LogP contribution in [0.5, 0.6) is 5.75 Å². The van der Waals surface area contributed by atoms with Gasteiger partial charge in [-0.15, -0.1) is 0 Å². The van der Waals surface area contributed by atoms with Gasteiger partial charge in [-0.05, 0) is 17.5 Å². The molecule has 1 aliphatic rings. The van der Waals surface area contributed by atoms with Crippen LogP contribution in [0, 0.1) is 0 Å². The second kappa shape index (κ2) is 4.82. The number of ether oxygens (including phenoxy) is 1. The van der Waals surface area contributed by atoms with Crippen molar-refractivity contribution in [1.29, 1.82) is 0 Å². The molecule has 0 saturated carbocycles. The number of benzene rings is 1. The molecule has 2 aromatic rings. The van der Waals surface area contributed by atoms with Crippen LogP contribution in [0.3, 0.4) is 0 Å². The predicted molar refractivity (Wildman–Crippen MR) is 71.1 cm³/mol. The van der Waals surface area contributed by atoms with Crippen molar-refractivity contribution in [2.45, 2.75) is 12.5 Å². The molecule has 0 radical (unpaired) electrons. The van der Waals surface area contributed by atoms with Gasteiger partial charge in [0.1, 0.15) is 5.75 Å². The van der Waals surface area contributed by atoms with Gasteiger partial charge >= 0.3 is 0 Å². The van der Waals surface area contributed by atoms with Crippen molar-refractivity contribution in [2.24, 2.45) is 0 Å². The van der Waals surface area contributed by atoms with E-state index in [1.807, 2.05) is 41.1 Å². The minimum atomic E-state index is -0.0158. The van der Waals surface area contributed by atoms with Crippen LogP contribution in [0.4, 0.5) is 0 Å². The maximum Gasteiger partial charge on any atom is 0.252 e. The SMILES string of the molecule is O=C(NC1CCOc2ccccc21)c1ccsc1. The quantitative estimate of drug-likeness (QED) is 0.900. The average Bonchev–Trinajstić information content (AvgIpc) is 2.93. The standard InChI is InChI=1S/C14H13NO2S/c16-14(10-6-8-18-9-10)15-12-5-7-17-13-4-2-1-3-11(12)13/h1-4,6,8-9,12H,5,7H2,(H,15,16). The maximum absolute atomic E-state index is 12.0. The van der Waals surface area contributed by atoms with E-state index < -0.39 is 0 Å². The highest BCUT2D eigenvalue weighted by Gasteiger charge is 2.22. The number of amides is 1. The molecule has 1 aromatic heterocycles. The molecule has 1 aromatic carbocycles. The van der Waals surface area contributed by atoms with Crippen LogP contribution in [-0.4, -0.2) is 12.5 Å². The van der Waals surface area contributed by atoms with E-state index in [4.69, 9.17) is 4.74 Å². The molecule has 1 unspecified atom stereocenters. The zero-order chi connectivity index (χ0) is 12.4. The molecule has 1 amide bonds. The van der Waals surface area contributed by atoms with E-state index >= 15 is 0 Å². The number of nitrogens with one attached hydrogen (secondary N) is 1. The first kappa shape index (κ1) is 11.3. The zero-order valence-electron chi connectivity index (χ0n) is 9.76. The predicted octanol–water partition coefficient (Wildman–Crippen LogP) is 3.00. The molecule has 1 atom stereocenters. The Balaban J connectivity index is 1.80. The van der Waals surface area contributed by atoms with Crippen LogP contribution in [-0.2, 0) is 0 Å². The number of hydrogen-bond acceptors (Lipinski definition) is 3. The van der Waals surface area contributed by atoms with Gasteiger partial charge in [0.05, 0.1) is 18.2 Å². The van der Waals surface area contributed by atoms with Gasteiger partial charge in [-0.3, -0.25) is 4.79 Å². The highest BCUT2D eigenvalue weighted by Crippen LogP contribution is 2.31. The summed E-state index contributed by atoms with van der Waals surface area (Å²) in [6.07, 6.45) is 0.812. The summed E-state index contributed by atoms with van der Waals surface area (Å²) in [5.74, 6) is 0.859. The van der Waals surface area contributed by atoms with E-state index in [1.165, 1.54) is 11.3 Å². The Morgan fingerprint density at radius 2 is 2.22 bits per heavy atom. The molecule has 0 bridgehead atoms. The van der Waals surface area contributed by atoms with Crippen molar-refractivity contribution in [3.63, 3.8) is 0 Å². The lowest BCUT2D eigenvalue weighted by atomic mass is 10.0. The number of thiophene rings is 1. The topological polar surface area (TPSA) is 38.3 Å². The largest absolute Gasteiger partial charge is 0.493 e. The van der Waals surface area contributed by atoms with Crippen molar-refractivity contribution >= 4 is 17.2 Å². The molecule has 3 rings (SSSR count). The Morgan fingerprint density at radius 1 is 1.33 bits per heavy atom. The first-order chi connectivity index (χ1) is 8.84. The van der Waals surface area contributed by atoms with E-state index in [9.17, 15) is 4.79 Å². The number of hydrogen-bond donors (Lipinski definition) is 1. The molecule has 0 saturated heterocycles. The first-order valence-corrected chi connectivity index (χ1v) is 6.83. The third kappa shape index (κ3) is 2.11. The molecule has 0 aliphatic carbocycles. The lowest BCUT2D eigenvalue weighted by Crippen LogP contribution is -2.31. The van der Waals surface area contributed by atoms with Crippen molar-refractivity contribution in [3.05, 3.63) is 52.2 Å². The summed E-state index contributed by atoms with van der Waals surface area (Å²) in [5.41, 5.74) is 1.79. The Bertz CT molecular complexity index is 551. The summed E-state index contributed by atoms with van der Waals surface area (Å²) in [6, 6.07) is 9.75. The molecular weight excluding hydrogens is 246 g/mol. The Labute approximate surface area is 109 Å². The summed E-state index contributed by atoms with van der Waals surface area (Å²) in [7, 11) is 0. The fraction of sp³-hybridized carbons (Fsp3) is 0.214. The maximum atomic E-state index is 12.0. The number of carbonyl (C=O) groups excluding carboxylic acids is 1. The van der Waals surface area contributed by atoms with Gasteiger partial charge in [0.25, 0.3) is 5.91 Å². The van der Waals surface area contributed by atoms with Crippen molar-refractivity contribution < 1.29 is 9.53 Å². The highest BCUT2D eigenvalue weighted by molar-refractivity contribution is 7.08. The Kier molecular flexibility index (Phi) is 3.02. The molecule has 2 heterocycles. The molecule has 3 nitrogen and oxygen atoms in total. The molecule has 92 valence electrons. The first-order valence-electron chi connectivity index (χ1n) is 5.89.